The Bertz CT molecular complexity index is 943. The maximum absolute atomic E-state index is 13.2. The first-order chi connectivity index (χ1) is 14.0. The number of likely N-dealkylation sites (N-methyl/N-ethyl adjacent to an activating group) is 1. The summed E-state index contributed by atoms with van der Waals surface area (Å²) >= 11 is 5.97. The van der Waals surface area contributed by atoms with Gasteiger partial charge < -0.3 is 9.64 Å². The van der Waals surface area contributed by atoms with Crippen LogP contribution in [0.1, 0.15) is 23.7 Å². The minimum atomic E-state index is -1.04. The molecule has 3 aromatic rings. The Labute approximate surface area is 175 Å². The number of anilines is 1. The number of para-hydroxylation sites is 1. The Hall–Kier alpha value is -3.11. The topological polar surface area (TPSA) is 46.6 Å². The number of hydrogen-bond donors (Lipinski definition) is 0. The van der Waals surface area contributed by atoms with Crippen LogP contribution in [0, 0.1) is 0 Å². The van der Waals surface area contributed by atoms with E-state index in [-0.39, 0.29) is 12.3 Å². The molecular formula is C24H22ClNO3. The third-order valence-corrected chi connectivity index (χ3v) is 4.83. The van der Waals surface area contributed by atoms with Gasteiger partial charge in [0.25, 0.3) is 5.91 Å². The van der Waals surface area contributed by atoms with Gasteiger partial charge in [-0.3, -0.25) is 9.59 Å². The molecule has 1 amide bonds. The van der Waals surface area contributed by atoms with Gasteiger partial charge in [0.05, 0.1) is 0 Å². The summed E-state index contributed by atoms with van der Waals surface area (Å²) in [6, 6.07) is 25.7. The predicted octanol–water partition coefficient (Wildman–Crippen LogP) is 5.22. The van der Waals surface area contributed by atoms with Crippen molar-refractivity contribution in [3.05, 3.63) is 101 Å². The summed E-state index contributed by atoms with van der Waals surface area (Å²) in [5, 5.41) is 0.548. The van der Waals surface area contributed by atoms with E-state index < -0.39 is 12.1 Å². The van der Waals surface area contributed by atoms with Crippen molar-refractivity contribution in [3.63, 3.8) is 0 Å². The summed E-state index contributed by atoms with van der Waals surface area (Å²) in [4.78, 5) is 27.2. The molecule has 0 heterocycles. The summed E-state index contributed by atoms with van der Waals surface area (Å²) in [6.45, 7) is 0. The number of carbonyl (C=O) groups excluding carboxylic acids is 2. The van der Waals surface area contributed by atoms with Crippen LogP contribution in [0.4, 0.5) is 5.69 Å². The van der Waals surface area contributed by atoms with E-state index in [0.29, 0.717) is 17.0 Å². The summed E-state index contributed by atoms with van der Waals surface area (Å²) in [5.74, 6) is -0.754. The summed E-state index contributed by atoms with van der Waals surface area (Å²) in [6.07, 6.45) is -0.299. The molecule has 4 nitrogen and oxygen atoms in total. The average Bonchev–Trinajstić information content (AvgIpc) is 2.77. The Kier molecular flexibility index (Phi) is 7.04. The monoisotopic (exact) mass is 407 g/mol. The molecular weight excluding hydrogens is 386 g/mol. The van der Waals surface area contributed by atoms with Crippen molar-refractivity contribution >= 4 is 29.2 Å². The van der Waals surface area contributed by atoms with E-state index in [4.69, 9.17) is 16.3 Å². The lowest BCUT2D eigenvalue weighted by Crippen LogP contribution is -2.34. The van der Waals surface area contributed by atoms with Gasteiger partial charge in [0, 0.05) is 29.7 Å². The molecule has 3 aromatic carbocycles. The lowest BCUT2D eigenvalue weighted by Gasteiger charge is -2.24. The highest BCUT2D eigenvalue weighted by molar-refractivity contribution is 6.30. The second-order valence-electron chi connectivity index (χ2n) is 6.64. The zero-order chi connectivity index (χ0) is 20.6. The third-order valence-electron chi connectivity index (χ3n) is 4.58. The number of hydrogen-bond acceptors (Lipinski definition) is 3. The molecule has 0 unspecified atom stereocenters. The van der Waals surface area contributed by atoms with E-state index in [0.717, 1.165) is 11.3 Å². The van der Waals surface area contributed by atoms with Crippen LogP contribution < -0.4 is 4.90 Å². The SMILES string of the molecule is CN(C(=O)[C@@H](OC(=O)CCc1ccccc1)c1ccc(Cl)cc1)c1ccccc1. The molecule has 0 bridgehead atoms. The van der Waals surface area contributed by atoms with Crippen LogP contribution >= 0.6 is 11.6 Å². The number of esters is 1. The van der Waals surface area contributed by atoms with Gasteiger partial charge >= 0.3 is 5.97 Å². The first-order valence-corrected chi connectivity index (χ1v) is 9.74. The van der Waals surface area contributed by atoms with Crippen LogP contribution in [0.15, 0.2) is 84.9 Å². The molecule has 0 fully saturated rings. The zero-order valence-electron chi connectivity index (χ0n) is 16.1. The van der Waals surface area contributed by atoms with Crippen molar-refractivity contribution in [3.8, 4) is 0 Å². The fourth-order valence-electron chi connectivity index (χ4n) is 2.93. The van der Waals surface area contributed by atoms with Crippen LogP contribution in [-0.2, 0) is 20.7 Å². The number of nitrogens with zero attached hydrogens (tertiary/aromatic N) is 1. The lowest BCUT2D eigenvalue weighted by molar-refractivity contribution is -0.155. The first-order valence-electron chi connectivity index (χ1n) is 9.36. The minimum absolute atomic E-state index is 0.191. The normalized spacial score (nSPS) is 11.5. The molecule has 0 saturated heterocycles. The Morgan fingerprint density at radius 1 is 0.897 bits per heavy atom. The zero-order valence-corrected chi connectivity index (χ0v) is 16.9. The first kappa shape index (κ1) is 20.6. The molecule has 5 heteroatoms. The molecule has 0 spiro atoms. The van der Waals surface area contributed by atoms with Gasteiger partial charge in [0.15, 0.2) is 0 Å². The summed E-state index contributed by atoms with van der Waals surface area (Å²) in [7, 11) is 1.67. The number of carbonyl (C=O) groups is 2. The van der Waals surface area contributed by atoms with Gasteiger partial charge in [-0.1, -0.05) is 72.3 Å². The number of benzene rings is 3. The van der Waals surface area contributed by atoms with E-state index in [1.165, 1.54) is 4.90 Å². The quantitative estimate of drug-likeness (QED) is 0.504. The highest BCUT2D eigenvalue weighted by Gasteiger charge is 2.28. The van der Waals surface area contributed by atoms with Crippen LogP contribution in [-0.4, -0.2) is 18.9 Å². The van der Waals surface area contributed by atoms with Gasteiger partial charge in [-0.2, -0.15) is 0 Å². The molecule has 0 N–H and O–H groups in total. The number of aryl methyl sites for hydroxylation is 1. The van der Waals surface area contributed by atoms with Gasteiger partial charge in [0.2, 0.25) is 6.10 Å². The molecule has 0 aliphatic carbocycles. The largest absolute Gasteiger partial charge is 0.447 e. The highest BCUT2D eigenvalue weighted by Crippen LogP contribution is 2.25. The minimum Gasteiger partial charge on any atom is -0.447 e. The molecule has 0 radical (unpaired) electrons. The second-order valence-corrected chi connectivity index (χ2v) is 7.08. The standard InChI is InChI=1S/C24H22ClNO3/c1-26(21-10-6-3-7-11-21)24(28)23(19-13-15-20(25)16-14-19)29-22(27)17-12-18-8-4-2-5-9-18/h2-11,13-16,23H,12,17H2,1H3/t23-/m0/s1. The van der Waals surface area contributed by atoms with Crippen LogP contribution in [0.3, 0.4) is 0 Å². The van der Waals surface area contributed by atoms with Crippen molar-refractivity contribution in [2.75, 3.05) is 11.9 Å². The molecule has 1 atom stereocenters. The Morgan fingerprint density at radius 3 is 2.10 bits per heavy atom. The second kappa shape index (κ2) is 9.89. The lowest BCUT2D eigenvalue weighted by atomic mass is 10.1. The average molecular weight is 408 g/mol. The highest BCUT2D eigenvalue weighted by atomic mass is 35.5. The van der Waals surface area contributed by atoms with E-state index >= 15 is 0 Å². The molecule has 0 aliphatic rings. The van der Waals surface area contributed by atoms with Gasteiger partial charge in [-0.15, -0.1) is 0 Å². The van der Waals surface area contributed by atoms with Crippen molar-refractivity contribution in [1.82, 2.24) is 0 Å². The third kappa shape index (κ3) is 5.69. The number of amides is 1. The fraction of sp³-hybridized carbons (Fsp3) is 0.167. The smallest absolute Gasteiger partial charge is 0.307 e. The van der Waals surface area contributed by atoms with Crippen LogP contribution in [0.5, 0.6) is 0 Å². The van der Waals surface area contributed by atoms with Crippen LogP contribution in [0.25, 0.3) is 0 Å². The Morgan fingerprint density at radius 2 is 1.48 bits per heavy atom. The molecule has 0 saturated carbocycles. The fourth-order valence-corrected chi connectivity index (χ4v) is 3.06. The number of ether oxygens (including phenoxy) is 1. The summed E-state index contributed by atoms with van der Waals surface area (Å²) < 4.78 is 5.63. The molecule has 3 rings (SSSR count). The maximum Gasteiger partial charge on any atom is 0.307 e. The summed E-state index contributed by atoms with van der Waals surface area (Å²) in [5.41, 5.74) is 2.34. The van der Waals surface area contributed by atoms with Gasteiger partial charge in [-0.25, -0.2) is 0 Å². The van der Waals surface area contributed by atoms with E-state index in [2.05, 4.69) is 0 Å². The molecule has 29 heavy (non-hydrogen) atoms. The van der Waals surface area contributed by atoms with Crippen molar-refractivity contribution in [2.24, 2.45) is 0 Å². The van der Waals surface area contributed by atoms with Gasteiger partial charge in [-0.05, 0) is 36.2 Å². The Balaban J connectivity index is 1.76. The molecule has 0 aromatic heterocycles. The van der Waals surface area contributed by atoms with E-state index in [1.54, 1.807) is 31.3 Å². The number of rotatable bonds is 7. The number of halogens is 1. The van der Waals surface area contributed by atoms with Crippen molar-refractivity contribution in [1.29, 1.82) is 0 Å². The maximum atomic E-state index is 13.2. The predicted molar refractivity (Wildman–Crippen MR) is 115 cm³/mol. The van der Waals surface area contributed by atoms with Crippen LogP contribution in [0.2, 0.25) is 5.02 Å². The van der Waals surface area contributed by atoms with Gasteiger partial charge in [0.1, 0.15) is 0 Å². The van der Waals surface area contributed by atoms with Crippen molar-refractivity contribution in [2.45, 2.75) is 18.9 Å². The van der Waals surface area contributed by atoms with E-state index in [9.17, 15) is 9.59 Å². The molecule has 0 aliphatic heterocycles. The van der Waals surface area contributed by atoms with Crippen molar-refractivity contribution < 1.29 is 14.3 Å². The van der Waals surface area contributed by atoms with E-state index in [1.807, 2.05) is 60.7 Å². The molecule has 148 valence electrons.